The number of para-hydroxylation sites is 1. The summed E-state index contributed by atoms with van der Waals surface area (Å²) < 4.78 is 15.6. The number of rotatable bonds is 8. The Kier molecular flexibility index (Phi) is 6.64. The molecule has 7 heteroatoms. The van der Waals surface area contributed by atoms with Crippen molar-refractivity contribution < 1.29 is 13.9 Å². The quantitative estimate of drug-likeness (QED) is 0.174. The van der Waals surface area contributed by atoms with Crippen LogP contribution in [-0.4, -0.2) is 21.3 Å². The molecule has 2 aromatic carbocycles. The number of ether oxygens (including phenoxy) is 1. The normalized spacial score (nSPS) is 11.2. The number of furan rings is 1. The van der Waals surface area contributed by atoms with Gasteiger partial charge in [0.2, 0.25) is 0 Å². The van der Waals surface area contributed by atoms with Crippen LogP contribution in [0.5, 0.6) is 5.75 Å². The topological polar surface area (TPSA) is 73.7 Å². The monoisotopic (exact) mass is 490 g/mol. The molecule has 3 aromatic heterocycles. The third kappa shape index (κ3) is 5.04. The van der Waals surface area contributed by atoms with Gasteiger partial charge in [0, 0.05) is 39.7 Å². The standard InChI is InChI=1S/C30H26N4O3/c1-4-17-33-19-23(27-7-5-6-8-28(27)33)18-31-32-30(35)29-16-15-26(37-29)20-36-25-13-11-24(12-14-25)34-21(2)9-10-22(34)3/h1,5-16,18-19H,17,20H2,2-3H3,(H,32,35). The Balaban J connectivity index is 1.18. The number of hydrogen-bond acceptors (Lipinski definition) is 4. The fourth-order valence-corrected chi connectivity index (χ4v) is 4.32. The zero-order chi connectivity index (χ0) is 25.8. The Bertz CT molecular complexity index is 1610. The molecule has 1 N–H and O–H groups in total. The van der Waals surface area contributed by atoms with Crippen LogP contribution >= 0.6 is 0 Å². The van der Waals surface area contributed by atoms with Crippen LogP contribution in [0.4, 0.5) is 0 Å². The van der Waals surface area contributed by atoms with Gasteiger partial charge in [-0.2, -0.15) is 5.10 Å². The molecule has 0 bridgehead atoms. The maximum atomic E-state index is 12.5. The first-order chi connectivity index (χ1) is 18.0. The smallest absolute Gasteiger partial charge is 0.307 e. The van der Waals surface area contributed by atoms with E-state index >= 15 is 0 Å². The highest BCUT2D eigenvalue weighted by Gasteiger charge is 2.12. The summed E-state index contributed by atoms with van der Waals surface area (Å²) in [6.45, 7) is 4.81. The number of amides is 1. The highest BCUT2D eigenvalue weighted by atomic mass is 16.5. The minimum Gasteiger partial charge on any atom is -0.486 e. The number of nitrogens with one attached hydrogen (secondary N) is 1. The molecule has 0 atom stereocenters. The minimum atomic E-state index is -0.448. The molecule has 5 aromatic rings. The second-order valence-electron chi connectivity index (χ2n) is 8.63. The molecule has 0 unspecified atom stereocenters. The second kappa shape index (κ2) is 10.3. The van der Waals surface area contributed by atoms with Crippen molar-refractivity contribution in [3.63, 3.8) is 0 Å². The average molecular weight is 491 g/mol. The van der Waals surface area contributed by atoms with Gasteiger partial charge in [0.25, 0.3) is 0 Å². The lowest BCUT2D eigenvalue weighted by Gasteiger charge is -2.10. The van der Waals surface area contributed by atoms with Crippen molar-refractivity contribution in [1.29, 1.82) is 0 Å². The van der Waals surface area contributed by atoms with E-state index in [1.165, 1.54) is 11.4 Å². The van der Waals surface area contributed by atoms with Gasteiger partial charge in [-0.15, -0.1) is 6.42 Å². The summed E-state index contributed by atoms with van der Waals surface area (Å²) in [5.74, 6) is 3.60. The number of fused-ring (bicyclic) bond motifs is 1. The summed E-state index contributed by atoms with van der Waals surface area (Å²) in [4.78, 5) is 12.5. The van der Waals surface area contributed by atoms with E-state index in [9.17, 15) is 4.79 Å². The maximum Gasteiger partial charge on any atom is 0.307 e. The highest BCUT2D eigenvalue weighted by Crippen LogP contribution is 2.22. The lowest BCUT2D eigenvalue weighted by atomic mass is 10.2. The first-order valence-corrected chi connectivity index (χ1v) is 11.8. The van der Waals surface area contributed by atoms with E-state index in [0.29, 0.717) is 18.1 Å². The van der Waals surface area contributed by atoms with Crippen molar-refractivity contribution >= 4 is 23.0 Å². The number of aromatic nitrogens is 2. The summed E-state index contributed by atoms with van der Waals surface area (Å²) in [5, 5.41) is 5.10. The van der Waals surface area contributed by atoms with Gasteiger partial charge < -0.3 is 18.3 Å². The molecule has 5 rings (SSSR count). The van der Waals surface area contributed by atoms with Crippen LogP contribution in [0.1, 0.15) is 33.3 Å². The Labute approximate surface area is 215 Å². The van der Waals surface area contributed by atoms with Gasteiger partial charge in [0.1, 0.15) is 18.1 Å². The van der Waals surface area contributed by atoms with Crippen LogP contribution in [0.25, 0.3) is 16.6 Å². The van der Waals surface area contributed by atoms with Crippen LogP contribution in [0.3, 0.4) is 0 Å². The number of hydrazone groups is 1. The third-order valence-electron chi connectivity index (χ3n) is 6.08. The van der Waals surface area contributed by atoms with Gasteiger partial charge in [-0.05, 0) is 68.4 Å². The predicted octanol–water partition coefficient (Wildman–Crippen LogP) is 5.62. The van der Waals surface area contributed by atoms with E-state index in [-0.39, 0.29) is 12.4 Å². The molecule has 0 saturated carbocycles. The molecule has 0 fully saturated rings. The number of carbonyl (C=O) groups excluding carboxylic acids is 1. The number of nitrogens with zero attached hydrogens (tertiary/aromatic N) is 3. The molecule has 0 aliphatic heterocycles. The molecule has 0 spiro atoms. The van der Waals surface area contributed by atoms with Gasteiger partial charge in [0.15, 0.2) is 5.76 Å². The van der Waals surface area contributed by atoms with Crippen LogP contribution in [-0.2, 0) is 13.2 Å². The SMILES string of the molecule is C#CCn1cc(C=NNC(=O)c2ccc(COc3ccc(-n4c(C)ccc4C)cc3)o2)c2ccccc21. The number of carbonyl (C=O) groups is 1. The van der Waals surface area contributed by atoms with Crippen LogP contribution in [0, 0.1) is 26.2 Å². The lowest BCUT2D eigenvalue weighted by Crippen LogP contribution is -2.16. The molecule has 0 aliphatic rings. The summed E-state index contributed by atoms with van der Waals surface area (Å²) in [6.07, 6.45) is 8.98. The van der Waals surface area contributed by atoms with E-state index in [2.05, 4.69) is 47.0 Å². The Hall–Kier alpha value is -4.96. The average Bonchev–Trinajstić information content (AvgIpc) is 3.61. The largest absolute Gasteiger partial charge is 0.486 e. The van der Waals surface area contributed by atoms with Crippen molar-refractivity contribution in [3.05, 3.63) is 107 Å². The van der Waals surface area contributed by atoms with Crippen LogP contribution in [0.15, 0.2) is 88.5 Å². The summed E-state index contributed by atoms with van der Waals surface area (Å²) in [5.41, 5.74) is 7.80. The Morgan fingerprint density at radius 1 is 1.05 bits per heavy atom. The van der Waals surface area contributed by atoms with Gasteiger partial charge in [-0.3, -0.25) is 4.79 Å². The fraction of sp³-hybridized carbons (Fsp3) is 0.133. The number of aryl methyl sites for hydroxylation is 2. The first kappa shape index (κ1) is 23.8. The summed E-state index contributed by atoms with van der Waals surface area (Å²) in [6, 6.07) is 23.2. The third-order valence-corrected chi connectivity index (χ3v) is 6.08. The molecule has 1 amide bonds. The number of terminal acetylenes is 1. The molecule has 184 valence electrons. The highest BCUT2D eigenvalue weighted by molar-refractivity contribution is 6.00. The number of benzene rings is 2. The lowest BCUT2D eigenvalue weighted by molar-refractivity contribution is 0.0923. The molecular weight excluding hydrogens is 464 g/mol. The summed E-state index contributed by atoms with van der Waals surface area (Å²) in [7, 11) is 0. The number of hydrogen-bond donors (Lipinski definition) is 1. The van der Waals surface area contributed by atoms with Gasteiger partial charge in [-0.25, -0.2) is 5.43 Å². The molecule has 3 heterocycles. The van der Waals surface area contributed by atoms with E-state index in [1.807, 2.05) is 59.3 Å². The molecular formula is C30H26N4O3. The first-order valence-electron chi connectivity index (χ1n) is 11.8. The molecule has 37 heavy (non-hydrogen) atoms. The predicted molar refractivity (Wildman–Crippen MR) is 144 cm³/mol. The van der Waals surface area contributed by atoms with E-state index in [0.717, 1.165) is 22.2 Å². The van der Waals surface area contributed by atoms with Gasteiger partial charge in [0.05, 0.1) is 12.8 Å². The Morgan fingerprint density at radius 3 is 2.57 bits per heavy atom. The minimum absolute atomic E-state index is 0.152. The van der Waals surface area contributed by atoms with Crippen molar-refractivity contribution in [2.45, 2.75) is 27.0 Å². The molecule has 7 nitrogen and oxygen atoms in total. The van der Waals surface area contributed by atoms with Crippen LogP contribution < -0.4 is 10.2 Å². The maximum absolute atomic E-state index is 12.5. The molecule has 0 radical (unpaired) electrons. The van der Waals surface area contributed by atoms with Crippen molar-refractivity contribution in [1.82, 2.24) is 14.6 Å². The van der Waals surface area contributed by atoms with Crippen LogP contribution in [0.2, 0.25) is 0 Å². The zero-order valence-electron chi connectivity index (χ0n) is 20.6. The van der Waals surface area contributed by atoms with E-state index in [4.69, 9.17) is 15.6 Å². The van der Waals surface area contributed by atoms with E-state index in [1.54, 1.807) is 18.3 Å². The Morgan fingerprint density at radius 2 is 1.81 bits per heavy atom. The second-order valence-corrected chi connectivity index (χ2v) is 8.63. The fourth-order valence-electron chi connectivity index (χ4n) is 4.32. The van der Waals surface area contributed by atoms with Crippen molar-refractivity contribution in [2.24, 2.45) is 5.10 Å². The summed E-state index contributed by atoms with van der Waals surface area (Å²) >= 11 is 0. The zero-order valence-corrected chi connectivity index (χ0v) is 20.6. The molecule has 0 aliphatic carbocycles. The van der Waals surface area contributed by atoms with Gasteiger partial charge in [-0.1, -0.05) is 24.1 Å². The molecule has 0 saturated heterocycles. The van der Waals surface area contributed by atoms with Crippen molar-refractivity contribution in [3.8, 4) is 23.8 Å². The van der Waals surface area contributed by atoms with Crippen molar-refractivity contribution in [2.75, 3.05) is 0 Å². The van der Waals surface area contributed by atoms with Gasteiger partial charge >= 0.3 is 5.91 Å². The van der Waals surface area contributed by atoms with E-state index < -0.39 is 5.91 Å².